The lowest BCUT2D eigenvalue weighted by Crippen LogP contribution is -2.24. The molecule has 2 aliphatic rings. The van der Waals surface area contributed by atoms with E-state index in [1.54, 1.807) is 0 Å². The van der Waals surface area contributed by atoms with Crippen molar-refractivity contribution in [1.29, 1.82) is 0 Å². The molecule has 2 fully saturated rings. The van der Waals surface area contributed by atoms with Gasteiger partial charge in [0.1, 0.15) is 6.17 Å². The van der Waals surface area contributed by atoms with Crippen molar-refractivity contribution in [2.45, 2.75) is 19.0 Å². The van der Waals surface area contributed by atoms with E-state index in [9.17, 15) is 14.0 Å². The summed E-state index contributed by atoms with van der Waals surface area (Å²) in [6.07, 6.45) is -0.509. The van der Waals surface area contributed by atoms with Gasteiger partial charge in [0.15, 0.2) is 0 Å². The van der Waals surface area contributed by atoms with E-state index in [1.165, 1.54) is 0 Å². The number of amides is 2. The van der Waals surface area contributed by atoms with Gasteiger partial charge in [0.05, 0.1) is 11.8 Å². The molecule has 2 unspecified atom stereocenters. The molecule has 1 N–H and O–H groups in total. The molecule has 3 nitrogen and oxygen atoms in total. The van der Waals surface area contributed by atoms with Crippen LogP contribution in [-0.2, 0) is 9.59 Å². The van der Waals surface area contributed by atoms with Crippen molar-refractivity contribution < 1.29 is 14.0 Å². The Balaban J connectivity index is 2.23. The van der Waals surface area contributed by atoms with Gasteiger partial charge in [0, 0.05) is 0 Å². The lowest BCUT2D eigenvalue weighted by molar-refractivity contribution is -0.126. The molecule has 0 aromatic rings. The Morgan fingerprint density at radius 3 is 2.09 bits per heavy atom. The molecule has 0 spiro atoms. The summed E-state index contributed by atoms with van der Waals surface area (Å²) in [7, 11) is 0. The third-order valence-electron chi connectivity index (χ3n) is 2.43. The van der Waals surface area contributed by atoms with Crippen LogP contribution in [0.5, 0.6) is 0 Å². The van der Waals surface area contributed by atoms with Crippen LogP contribution in [0.1, 0.15) is 12.8 Å². The number of rotatable bonds is 0. The Morgan fingerprint density at radius 2 is 1.64 bits per heavy atom. The number of hydrogen-bond donors (Lipinski definition) is 1. The number of carbonyl (C=O) groups excluding carboxylic acids is 2. The van der Waals surface area contributed by atoms with Gasteiger partial charge in [-0.2, -0.15) is 0 Å². The van der Waals surface area contributed by atoms with Crippen molar-refractivity contribution in [3.8, 4) is 0 Å². The third-order valence-corrected chi connectivity index (χ3v) is 2.43. The summed E-state index contributed by atoms with van der Waals surface area (Å²) in [5, 5.41) is 2.19. The van der Waals surface area contributed by atoms with Gasteiger partial charge in [0.2, 0.25) is 11.8 Å². The predicted molar refractivity (Wildman–Crippen MR) is 34.3 cm³/mol. The molecule has 1 aliphatic heterocycles. The molecule has 11 heavy (non-hydrogen) atoms. The Labute approximate surface area is 63.0 Å². The number of carbonyl (C=O) groups is 2. The minimum absolute atomic E-state index is 0.224. The zero-order valence-electron chi connectivity index (χ0n) is 5.84. The molecule has 0 bridgehead atoms. The molecular weight excluding hydrogens is 149 g/mol. The molecule has 1 heterocycles. The molecule has 0 radical (unpaired) electrons. The van der Waals surface area contributed by atoms with E-state index in [-0.39, 0.29) is 36.5 Å². The monoisotopic (exact) mass is 157 g/mol. The fourth-order valence-corrected chi connectivity index (χ4v) is 1.86. The van der Waals surface area contributed by atoms with Crippen molar-refractivity contribution in [3.63, 3.8) is 0 Å². The molecule has 2 rings (SSSR count). The number of fused-ring (bicyclic) bond motifs is 1. The first kappa shape index (κ1) is 6.76. The maximum absolute atomic E-state index is 12.7. The third kappa shape index (κ3) is 0.852. The van der Waals surface area contributed by atoms with Gasteiger partial charge in [-0.1, -0.05) is 0 Å². The van der Waals surface area contributed by atoms with Crippen LogP contribution in [0.25, 0.3) is 0 Å². The average Bonchev–Trinajstić information content (AvgIpc) is 2.38. The van der Waals surface area contributed by atoms with Gasteiger partial charge in [-0.25, -0.2) is 4.39 Å². The maximum Gasteiger partial charge on any atom is 0.230 e. The van der Waals surface area contributed by atoms with Gasteiger partial charge in [-0.15, -0.1) is 0 Å². The molecule has 1 saturated carbocycles. The summed E-state index contributed by atoms with van der Waals surface area (Å²) in [5.41, 5.74) is 0. The standard InChI is InChI=1S/C7H8FNO2/c8-3-1-4-5(2-3)7(11)9-6(4)10/h3-5H,1-2H2,(H,9,10,11). The Bertz CT molecular complexity index is 206. The second kappa shape index (κ2) is 2.03. The van der Waals surface area contributed by atoms with Gasteiger partial charge in [-0.3, -0.25) is 14.9 Å². The Kier molecular flexibility index (Phi) is 1.25. The fraction of sp³-hybridized carbons (Fsp3) is 0.714. The molecular formula is C7H8FNO2. The van der Waals surface area contributed by atoms with E-state index in [2.05, 4.69) is 5.32 Å². The SMILES string of the molecule is O=C1NC(=O)C2CC(F)CC12. The summed E-state index contributed by atoms with van der Waals surface area (Å²) in [6.45, 7) is 0. The van der Waals surface area contributed by atoms with Gasteiger partial charge >= 0.3 is 0 Å². The topological polar surface area (TPSA) is 46.2 Å². The smallest absolute Gasteiger partial charge is 0.230 e. The highest BCUT2D eigenvalue weighted by atomic mass is 19.1. The Hall–Kier alpha value is -0.930. The lowest BCUT2D eigenvalue weighted by Gasteiger charge is -1.98. The molecule has 60 valence electrons. The number of imide groups is 1. The zero-order chi connectivity index (χ0) is 8.01. The predicted octanol–water partition coefficient (Wildman–Crippen LogP) is 0.00710. The Morgan fingerprint density at radius 1 is 1.18 bits per heavy atom. The minimum Gasteiger partial charge on any atom is -0.296 e. The maximum atomic E-state index is 12.7. The first-order valence-electron chi connectivity index (χ1n) is 3.67. The van der Waals surface area contributed by atoms with Gasteiger partial charge in [-0.05, 0) is 12.8 Å². The molecule has 1 aliphatic carbocycles. The summed E-state index contributed by atoms with van der Waals surface area (Å²) >= 11 is 0. The van der Waals surface area contributed by atoms with Crippen LogP contribution in [0.4, 0.5) is 4.39 Å². The van der Waals surface area contributed by atoms with Crippen LogP contribution in [0.2, 0.25) is 0 Å². The molecule has 0 aromatic heterocycles. The van der Waals surface area contributed by atoms with Crippen LogP contribution in [-0.4, -0.2) is 18.0 Å². The quantitative estimate of drug-likeness (QED) is 0.503. The van der Waals surface area contributed by atoms with Crippen molar-refractivity contribution in [2.75, 3.05) is 0 Å². The molecule has 2 atom stereocenters. The second-order valence-corrected chi connectivity index (χ2v) is 3.14. The van der Waals surface area contributed by atoms with E-state index < -0.39 is 6.17 Å². The number of hydrogen-bond acceptors (Lipinski definition) is 2. The van der Waals surface area contributed by atoms with Gasteiger partial charge in [0.25, 0.3) is 0 Å². The van der Waals surface area contributed by atoms with E-state index in [0.29, 0.717) is 0 Å². The highest BCUT2D eigenvalue weighted by Crippen LogP contribution is 2.37. The lowest BCUT2D eigenvalue weighted by atomic mass is 10.00. The molecule has 1 saturated heterocycles. The van der Waals surface area contributed by atoms with E-state index in [4.69, 9.17) is 0 Å². The van der Waals surface area contributed by atoms with Crippen LogP contribution in [0.3, 0.4) is 0 Å². The van der Waals surface area contributed by atoms with Crippen LogP contribution < -0.4 is 5.32 Å². The highest BCUT2D eigenvalue weighted by Gasteiger charge is 2.48. The van der Waals surface area contributed by atoms with Crippen molar-refractivity contribution >= 4 is 11.8 Å². The summed E-state index contributed by atoms with van der Waals surface area (Å²) in [4.78, 5) is 21.8. The van der Waals surface area contributed by atoms with Crippen molar-refractivity contribution in [3.05, 3.63) is 0 Å². The molecule has 2 amide bonds. The summed E-state index contributed by atoms with van der Waals surface area (Å²) < 4.78 is 12.7. The second-order valence-electron chi connectivity index (χ2n) is 3.14. The van der Waals surface area contributed by atoms with Crippen LogP contribution in [0.15, 0.2) is 0 Å². The van der Waals surface area contributed by atoms with E-state index in [0.717, 1.165) is 0 Å². The number of nitrogens with one attached hydrogen (secondary N) is 1. The molecule has 0 aromatic carbocycles. The fourth-order valence-electron chi connectivity index (χ4n) is 1.86. The van der Waals surface area contributed by atoms with E-state index in [1.807, 2.05) is 0 Å². The first-order valence-corrected chi connectivity index (χ1v) is 3.67. The zero-order valence-corrected chi connectivity index (χ0v) is 5.84. The van der Waals surface area contributed by atoms with Crippen LogP contribution in [0, 0.1) is 11.8 Å². The largest absolute Gasteiger partial charge is 0.296 e. The summed E-state index contributed by atoms with van der Waals surface area (Å²) in [6, 6.07) is 0. The first-order chi connectivity index (χ1) is 5.18. The van der Waals surface area contributed by atoms with Crippen LogP contribution >= 0.6 is 0 Å². The number of alkyl halides is 1. The number of halogens is 1. The van der Waals surface area contributed by atoms with Crippen molar-refractivity contribution in [1.82, 2.24) is 5.32 Å². The average molecular weight is 157 g/mol. The highest BCUT2D eigenvalue weighted by molar-refractivity contribution is 6.05. The minimum atomic E-state index is -0.958. The normalized spacial score (nSPS) is 42.5. The van der Waals surface area contributed by atoms with Crippen molar-refractivity contribution in [2.24, 2.45) is 11.8 Å². The molecule has 4 heteroatoms. The van der Waals surface area contributed by atoms with E-state index >= 15 is 0 Å². The summed E-state index contributed by atoms with van der Waals surface area (Å²) in [5.74, 6) is -1.34. The van der Waals surface area contributed by atoms with Gasteiger partial charge < -0.3 is 0 Å².